The molecule has 0 aromatic heterocycles. The molecule has 0 heterocycles. The molecule has 0 spiro atoms. The monoisotopic (exact) mass is 180 g/mol. The first-order chi connectivity index (χ1) is 6.27. The molecule has 0 saturated heterocycles. The molecule has 0 N–H and O–H groups in total. The summed E-state index contributed by atoms with van der Waals surface area (Å²) in [7, 11) is 0. The van der Waals surface area contributed by atoms with Crippen LogP contribution in [0.2, 0.25) is 0 Å². The van der Waals surface area contributed by atoms with Crippen molar-refractivity contribution in [1.82, 2.24) is 0 Å². The van der Waals surface area contributed by atoms with Crippen molar-refractivity contribution < 1.29 is 4.79 Å². The smallest absolute Gasteiger partial charge is 0.158 e. The van der Waals surface area contributed by atoms with E-state index in [0.717, 1.165) is 37.7 Å². The Morgan fingerprint density at radius 3 is 2.38 bits per heavy atom. The van der Waals surface area contributed by atoms with Crippen LogP contribution in [0.3, 0.4) is 0 Å². The third-order valence-corrected chi connectivity index (χ3v) is 2.94. The van der Waals surface area contributed by atoms with Gasteiger partial charge in [-0.3, -0.25) is 4.79 Å². The second-order valence-corrected chi connectivity index (χ2v) is 3.90. The standard InChI is InChI=1S/C12H20O/c1-3-10(4-2)9-11-7-5-6-8-12(11)13/h9-10H,3-8H2,1-2H3. The first-order valence-corrected chi connectivity index (χ1v) is 5.51. The van der Waals surface area contributed by atoms with E-state index in [1.54, 1.807) is 0 Å². The summed E-state index contributed by atoms with van der Waals surface area (Å²) in [5.74, 6) is 1.02. The molecule has 1 saturated carbocycles. The fourth-order valence-corrected chi connectivity index (χ4v) is 1.89. The molecule has 1 rings (SSSR count). The first-order valence-electron chi connectivity index (χ1n) is 5.51. The molecule has 13 heavy (non-hydrogen) atoms. The fourth-order valence-electron chi connectivity index (χ4n) is 1.89. The van der Waals surface area contributed by atoms with E-state index >= 15 is 0 Å². The molecule has 0 unspecified atom stereocenters. The molecule has 0 aromatic rings. The number of allylic oxidation sites excluding steroid dienone is 2. The van der Waals surface area contributed by atoms with E-state index in [0.29, 0.717) is 11.7 Å². The Bertz CT molecular complexity index is 199. The Morgan fingerprint density at radius 1 is 1.23 bits per heavy atom. The Labute approximate surface area is 81.2 Å². The summed E-state index contributed by atoms with van der Waals surface area (Å²) in [6.45, 7) is 4.39. The van der Waals surface area contributed by atoms with Gasteiger partial charge >= 0.3 is 0 Å². The van der Waals surface area contributed by atoms with Gasteiger partial charge in [0.1, 0.15) is 0 Å². The molecule has 1 fully saturated rings. The normalized spacial score (nSPS) is 21.5. The highest BCUT2D eigenvalue weighted by molar-refractivity contribution is 5.95. The number of rotatable bonds is 3. The van der Waals surface area contributed by atoms with Crippen LogP contribution in [0.5, 0.6) is 0 Å². The molecular formula is C12H20O. The van der Waals surface area contributed by atoms with Gasteiger partial charge in [0.15, 0.2) is 5.78 Å². The van der Waals surface area contributed by atoms with Gasteiger partial charge in [-0.25, -0.2) is 0 Å². The van der Waals surface area contributed by atoms with E-state index in [1.165, 1.54) is 6.42 Å². The average molecular weight is 180 g/mol. The number of carbonyl (C=O) groups excluding carboxylic acids is 1. The highest BCUT2D eigenvalue weighted by atomic mass is 16.1. The van der Waals surface area contributed by atoms with Crippen LogP contribution in [0.25, 0.3) is 0 Å². The highest BCUT2D eigenvalue weighted by Gasteiger charge is 2.15. The zero-order valence-electron chi connectivity index (χ0n) is 8.81. The van der Waals surface area contributed by atoms with Gasteiger partial charge in [0.2, 0.25) is 0 Å². The topological polar surface area (TPSA) is 17.1 Å². The molecule has 74 valence electrons. The summed E-state index contributed by atoms with van der Waals surface area (Å²) in [6.07, 6.45) is 8.65. The van der Waals surface area contributed by atoms with Crippen molar-refractivity contribution in [1.29, 1.82) is 0 Å². The van der Waals surface area contributed by atoms with Gasteiger partial charge in [-0.15, -0.1) is 0 Å². The first kappa shape index (κ1) is 10.5. The fraction of sp³-hybridized carbons (Fsp3) is 0.750. The summed E-state index contributed by atoms with van der Waals surface area (Å²) < 4.78 is 0. The van der Waals surface area contributed by atoms with E-state index in [2.05, 4.69) is 19.9 Å². The maximum atomic E-state index is 11.5. The summed E-state index contributed by atoms with van der Waals surface area (Å²) in [4.78, 5) is 11.5. The van der Waals surface area contributed by atoms with Crippen LogP contribution in [0.15, 0.2) is 11.6 Å². The zero-order chi connectivity index (χ0) is 9.68. The maximum absolute atomic E-state index is 11.5. The van der Waals surface area contributed by atoms with Gasteiger partial charge in [0.25, 0.3) is 0 Å². The Morgan fingerprint density at radius 2 is 1.85 bits per heavy atom. The molecule has 1 nitrogen and oxygen atoms in total. The molecule has 1 aliphatic carbocycles. The lowest BCUT2D eigenvalue weighted by molar-refractivity contribution is -0.116. The van der Waals surface area contributed by atoms with E-state index in [-0.39, 0.29) is 0 Å². The predicted molar refractivity (Wildman–Crippen MR) is 55.6 cm³/mol. The molecule has 1 heteroatoms. The van der Waals surface area contributed by atoms with E-state index in [1.807, 2.05) is 0 Å². The van der Waals surface area contributed by atoms with E-state index in [4.69, 9.17) is 0 Å². The zero-order valence-corrected chi connectivity index (χ0v) is 8.81. The lowest BCUT2D eigenvalue weighted by Gasteiger charge is -2.15. The number of ketones is 1. The predicted octanol–water partition coefficient (Wildman–Crippen LogP) is 3.49. The van der Waals surface area contributed by atoms with Crippen LogP contribution in [0, 0.1) is 5.92 Å². The van der Waals surface area contributed by atoms with Crippen LogP contribution in [-0.2, 0) is 4.79 Å². The van der Waals surface area contributed by atoms with Gasteiger partial charge in [0.05, 0.1) is 0 Å². The largest absolute Gasteiger partial charge is 0.295 e. The number of carbonyl (C=O) groups is 1. The summed E-state index contributed by atoms with van der Waals surface area (Å²) in [6, 6.07) is 0. The molecule has 0 bridgehead atoms. The van der Waals surface area contributed by atoms with Gasteiger partial charge < -0.3 is 0 Å². The minimum atomic E-state index is 0.401. The molecule has 1 aliphatic rings. The quantitative estimate of drug-likeness (QED) is 0.607. The molecule has 0 amide bonds. The summed E-state index contributed by atoms with van der Waals surface area (Å²) in [5.41, 5.74) is 1.11. The van der Waals surface area contributed by atoms with Crippen molar-refractivity contribution >= 4 is 5.78 Å². The van der Waals surface area contributed by atoms with Crippen molar-refractivity contribution in [3.8, 4) is 0 Å². The average Bonchev–Trinajstić information content (AvgIpc) is 2.17. The van der Waals surface area contributed by atoms with Gasteiger partial charge in [-0.1, -0.05) is 19.9 Å². The van der Waals surface area contributed by atoms with Crippen molar-refractivity contribution in [3.05, 3.63) is 11.6 Å². The molecular weight excluding hydrogens is 160 g/mol. The Balaban J connectivity index is 2.61. The molecule has 0 atom stereocenters. The Kier molecular flexibility index (Phi) is 4.20. The SMILES string of the molecule is CCC(C=C1CCCCC1=O)CC. The number of Topliss-reactive ketones (excluding diaryl/α,β-unsaturated/α-hetero) is 1. The van der Waals surface area contributed by atoms with Gasteiger partial charge in [0, 0.05) is 6.42 Å². The third-order valence-electron chi connectivity index (χ3n) is 2.94. The van der Waals surface area contributed by atoms with Crippen LogP contribution in [0.4, 0.5) is 0 Å². The van der Waals surface area contributed by atoms with Crippen LogP contribution in [-0.4, -0.2) is 5.78 Å². The van der Waals surface area contributed by atoms with Gasteiger partial charge in [-0.05, 0) is 43.6 Å². The van der Waals surface area contributed by atoms with Crippen molar-refractivity contribution in [2.45, 2.75) is 52.4 Å². The number of hydrogen-bond donors (Lipinski definition) is 0. The summed E-state index contributed by atoms with van der Waals surface area (Å²) in [5, 5.41) is 0. The molecule has 0 aliphatic heterocycles. The van der Waals surface area contributed by atoms with Crippen LogP contribution >= 0.6 is 0 Å². The van der Waals surface area contributed by atoms with E-state index < -0.39 is 0 Å². The number of hydrogen-bond acceptors (Lipinski definition) is 1. The van der Waals surface area contributed by atoms with Crippen molar-refractivity contribution in [2.24, 2.45) is 5.92 Å². The molecule has 0 radical (unpaired) electrons. The lowest BCUT2D eigenvalue weighted by Crippen LogP contribution is -2.10. The van der Waals surface area contributed by atoms with Crippen LogP contribution in [0.1, 0.15) is 52.4 Å². The van der Waals surface area contributed by atoms with E-state index in [9.17, 15) is 4.79 Å². The second kappa shape index (κ2) is 5.21. The second-order valence-electron chi connectivity index (χ2n) is 3.90. The third kappa shape index (κ3) is 2.98. The molecule has 0 aromatic carbocycles. The highest BCUT2D eigenvalue weighted by Crippen LogP contribution is 2.23. The lowest BCUT2D eigenvalue weighted by atomic mass is 9.89. The van der Waals surface area contributed by atoms with Crippen LogP contribution < -0.4 is 0 Å². The maximum Gasteiger partial charge on any atom is 0.158 e. The Hall–Kier alpha value is -0.590. The minimum absolute atomic E-state index is 0.401. The van der Waals surface area contributed by atoms with Crippen molar-refractivity contribution in [3.63, 3.8) is 0 Å². The van der Waals surface area contributed by atoms with Crippen molar-refractivity contribution in [2.75, 3.05) is 0 Å². The summed E-state index contributed by atoms with van der Waals surface area (Å²) >= 11 is 0. The van der Waals surface area contributed by atoms with Gasteiger partial charge in [-0.2, -0.15) is 0 Å². The minimum Gasteiger partial charge on any atom is -0.295 e.